The van der Waals surface area contributed by atoms with Crippen molar-refractivity contribution in [2.45, 2.75) is 39.2 Å². The van der Waals surface area contributed by atoms with Gasteiger partial charge in [-0.1, -0.05) is 18.2 Å². The second kappa shape index (κ2) is 2.76. The molecule has 0 aliphatic carbocycles. The molecular weight excluding hydrogens is 158 g/mol. The van der Waals surface area contributed by atoms with Gasteiger partial charge in [0.1, 0.15) is 0 Å². The van der Waals surface area contributed by atoms with Crippen LogP contribution in [0.25, 0.3) is 0 Å². The Kier molecular flexibility index (Phi) is 1.83. The summed E-state index contributed by atoms with van der Waals surface area (Å²) in [6.07, 6.45) is 2.43. The van der Waals surface area contributed by atoms with Crippen LogP contribution in [0.2, 0.25) is 0 Å². The maximum atomic E-state index is 3.60. The van der Waals surface area contributed by atoms with Gasteiger partial charge in [0.15, 0.2) is 0 Å². The predicted octanol–water partition coefficient (Wildman–Crippen LogP) is 3.13. The largest absolute Gasteiger partial charge is 0.380 e. The van der Waals surface area contributed by atoms with Crippen molar-refractivity contribution in [3.63, 3.8) is 0 Å². The summed E-state index contributed by atoms with van der Waals surface area (Å²) in [7, 11) is 0. The molecule has 0 saturated carbocycles. The van der Waals surface area contributed by atoms with Crippen LogP contribution in [-0.4, -0.2) is 5.54 Å². The second-order valence-corrected chi connectivity index (χ2v) is 4.62. The Morgan fingerprint density at radius 1 is 1.31 bits per heavy atom. The average molecular weight is 175 g/mol. The molecular formula is C12H17N. The SMILES string of the molecule is Cc1cccc2c1NC(C)(C)CC2. The van der Waals surface area contributed by atoms with Crippen LogP contribution in [0.4, 0.5) is 5.69 Å². The fourth-order valence-corrected chi connectivity index (χ4v) is 1.96. The minimum Gasteiger partial charge on any atom is -0.380 e. The van der Waals surface area contributed by atoms with Crippen LogP contribution in [0.5, 0.6) is 0 Å². The van der Waals surface area contributed by atoms with Crippen molar-refractivity contribution in [1.82, 2.24) is 0 Å². The van der Waals surface area contributed by atoms with Gasteiger partial charge in [-0.05, 0) is 44.7 Å². The van der Waals surface area contributed by atoms with E-state index in [1.54, 1.807) is 0 Å². The molecule has 0 amide bonds. The zero-order valence-electron chi connectivity index (χ0n) is 8.65. The summed E-state index contributed by atoms with van der Waals surface area (Å²) in [5.74, 6) is 0. The molecule has 1 aromatic rings. The summed E-state index contributed by atoms with van der Waals surface area (Å²) in [5.41, 5.74) is 4.46. The monoisotopic (exact) mass is 175 g/mol. The molecule has 1 heterocycles. The van der Waals surface area contributed by atoms with Gasteiger partial charge in [-0.2, -0.15) is 0 Å². The predicted molar refractivity (Wildman–Crippen MR) is 57.2 cm³/mol. The normalized spacial score (nSPS) is 19.0. The van der Waals surface area contributed by atoms with Crippen molar-refractivity contribution in [3.05, 3.63) is 29.3 Å². The molecule has 0 saturated heterocycles. The van der Waals surface area contributed by atoms with Crippen LogP contribution in [0.1, 0.15) is 31.4 Å². The quantitative estimate of drug-likeness (QED) is 0.638. The molecule has 0 aromatic heterocycles. The highest BCUT2D eigenvalue weighted by Crippen LogP contribution is 2.32. The van der Waals surface area contributed by atoms with Crippen molar-refractivity contribution < 1.29 is 0 Å². The first-order valence-electron chi connectivity index (χ1n) is 4.95. The third-order valence-electron chi connectivity index (χ3n) is 2.84. The lowest BCUT2D eigenvalue weighted by molar-refractivity contribution is 0.501. The van der Waals surface area contributed by atoms with Crippen LogP contribution < -0.4 is 5.32 Å². The summed E-state index contributed by atoms with van der Waals surface area (Å²) in [5, 5.41) is 3.60. The molecule has 0 radical (unpaired) electrons. The molecule has 13 heavy (non-hydrogen) atoms. The Balaban J connectivity index is 2.44. The van der Waals surface area contributed by atoms with Gasteiger partial charge < -0.3 is 5.32 Å². The summed E-state index contributed by atoms with van der Waals surface area (Å²) in [4.78, 5) is 0. The highest BCUT2D eigenvalue weighted by Gasteiger charge is 2.24. The molecule has 70 valence electrons. The summed E-state index contributed by atoms with van der Waals surface area (Å²) in [6, 6.07) is 6.55. The maximum absolute atomic E-state index is 3.60. The van der Waals surface area contributed by atoms with E-state index in [2.05, 4.69) is 44.3 Å². The zero-order chi connectivity index (χ0) is 9.47. The molecule has 0 atom stereocenters. The van der Waals surface area contributed by atoms with E-state index < -0.39 is 0 Å². The van der Waals surface area contributed by atoms with Gasteiger partial charge >= 0.3 is 0 Å². The first kappa shape index (κ1) is 8.61. The van der Waals surface area contributed by atoms with E-state index in [4.69, 9.17) is 0 Å². The number of para-hydroxylation sites is 1. The highest BCUT2D eigenvalue weighted by molar-refractivity contribution is 5.60. The number of benzene rings is 1. The number of nitrogens with one attached hydrogen (secondary N) is 1. The summed E-state index contributed by atoms with van der Waals surface area (Å²) >= 11 is 0. The lowest BCUT2D eigenvalue weighted by atomic mass is 9.88. The van der Waals surface area contributed by atoms with Gasteiger partial charge in [0, 0.05) is 11.2 Å². The number of fused-ring (bicyclic) bond motifs is 1. The van der Waals surface area contributed by atoms with Gasteiger partial charge in [-0.3, -0.25) is 0 Å². The Labute approximate surface area is 80.2 Å². The van der Waals surface area contributed by atoms with Crippen LogP contribution in [-0.2, 0) is 6.42 Å². The molecule has 0 unspecified atom stereocenters. The highest BCUT2D eigenvalue weighted by atomic mass is 15.0. The number of anilines is 1. The molecule has 1 N–H and O–H groups in total. The fraction of sp³-hybridized carbons (Fsp3) is 0.500. The fourth-order valence-electron chi connectivity index (χ4n) is 1.96. The zero-order valence-corrected chi connectivity index (χ0v) is 8.65. The standard InChI is InChI=1S/C12H17N/c1-9-5-4-6-10-7-8-12(2,3)13-11(9)10/h4-6,13H,7-8H2,1-3H3. The van der Waals surface area contributed by atoms with Crippen LogP contribution >= 0.6 is 0 Å². The topological polar surface area (TPSA) is 12.0 Å². The molecule has 0 fully saturated rings. The lowest BCUT2D eigenvalue weighted by Crippen LogP contribution is -2.35. The molecule has 1 aliphatic rings. The van der Waals surface area contributed by atoms with Crippen LogP contribution in [0, 0.1) is 6.92 Å². The molecule has 1 heteroatoms. The van der Waals surface area contributed by atoms with Crippen LogP contribution in [0.3, 0.4) is 0 Å². The van der Waals surface area contributed by atoms with E-state index in [0.717, 1.165) is 0 Å². The van der Waals surface area contributed by atoms with Gasteiger partial charge in [-0.15, -0.1) is 0 Å². The third kappa shape index (κ3) is 1.55. The van der Waals surface area contributed by atoms with E-state index >= 15 is 0 Å². The minimum absolute atomic E-state index is 0.263. The molecule has 0 spiro atoms. The summed E-state index contributed by atoms with van der Waals surface area (Å²) in [6.45, 7) is 6.71. The van der Waals surface area contributed by atoms with Crippen molar-refractivity contribution in [1.29, 1.82) is 0 Å². The minimum atomic E-state index is 0.263. The molecule has 2 rings (SSSR count). The van der Waals surface area contributed by atoms with Crippen molar-refractivity contribution >= 4 is 5.69 Å². The maximum Gasteiger partial charge on any atom is 0.0406 e. The second-order valence-electron chi connectivity index (χ2n) is 4.62. The van der Waals surface area contributed by atoms with Gasteiger partial charge in [0.2, 0.25) is 0 Å². The number of aryl methyl sites for hydroxylation is 2. The average Bonchev–Trinajstić information content (AvgIpc) is 2.06. The van der Waals surface area contributed by atoms with E-state index in [0.29, 0.717) is 0 Å². The molecule has 1 aliphatic heterocycles. The van der Waals surface area contributed by atoms with Crippen molar-refractivity contribution in [2.24, 2.45) is 0 Å². The molecule has 1 aromatic carbocycles. The third-order valence-corrected chi connectivity index (χ3v) is 2.84. The van der Waals surface area contributed by atoms with E-state index in [9.17, 15) is 0 Å². The van der Waals surface area contributed by atoms with E-state index in [1.807, 2.05) is 0 Å². The lowest BCUT2D eigenvalue weighted by Gasteiger charge is -2.34. The Morgan fingerprint density at radius 2 is 2.08 bits per heavy atom. The first-order chi connectivity index (χ1) is 6.08. The molecule has 0 bridgehead atoms. The Bertz CT molecular complexity index is 326. The van der Waals surface area contributed by atoms with Gasteiger partial charge in [-0.25, -0.2) is 0 Å². The van der Waals surface area contributed by atoms with Gasteiger partial charge in [0.05, 0.1) is 0 Å². The van der Waals surface area contributed by atoms with E-state index in [1.165, 1.54) is 29.7 Å². The Hall–Kier alpha value is -0.980. The van der Waals surface area contributed by atoms with Crippen LogP contribution in [0.15, 0.2) is 18.2 Å². The first-order valence-corrected chi connectivity index (χ1v) is 4.95. The van der Waals surface area contributed by atoms with Crippen molar-refractivity contribution in [2.75, 3.05) is 5.32 Å². The number of rotatable bonds is 0. The number of hydrogen-bond donors (Lipinski definition) is 1. The summed E-state index contributed by atoms with van der Waals surface area (Å²) < 4.78 is 0. The number of hydrogen-bond acceptors (Lipinski definition) is 1. The molecule has 1 nitrogen and oxygen atoms in total. The Morgan fingerprint density at radius 3 is 2.85 bits per heavy atom. The van der Waals surface area contributed by atoms with Crippen molar-refractivity contribution in [3.8, 4) is 0 Å². The smallest absolute Gasteiger partial charge is 0.0406 e. The van der Waals surface area contributed by atoms with Gasteiger partial charge in [0.25, 0.3) is 0 Å². The van der Waals surface area contributed by atoms with E-state index in [-0.39, 0.29) is 5.54 Å².